The highest BCUT2D eigenvalue weighted by Gasteiger charge is 2.10. The lowest BCUT2D eigenvalue weighted by Crippen LogP contribution is -2.07. The van der Waals surface area contributed by atoms with Gasteiger partial charge in [-0.2, -0.15) is 0 Å². The third-order valence-corrected chi connectivity index (χ3v) is 3.06. The highest BCUT2D eigenvalue weighted by molar-refractivity contribution is 5.69. The summed E-state index contributed by atoms with van der Waals surface area (Å²) in [5.74, 6) is 0.728. The number of halogens is 1. The van der Waals surface area contributed by atoms with E-state index in [9.17, 15) is 4.39 Å². The Hall–Kier alpha value is -2.21. The van der Waals surface area contributed by atoms with Crippen molar-refractivity contribution < 1.29 is 14.2 Å². The van der Waals surface area contributed by atoms with Crippen LogP contribution in [-0.2, 0) is 0 Å². The van der Waals surface area contributed by atoms with E-state index in [1.165, 1.54) is 18.5 Å². The summed E-state index contributed by atoms with van der Waals surface area (Å²) in [4.78, 5) is 8.30. The number of benzene rings is 1. The van der Waals surface area contributed by atoms with Gasteiger partial charge in [0.2, 0.25) is 0 Å². The van der Waals surface area contributed by atoms with Crippen molar-refractivity contribution in [1.82, 2.24) is 9.97 Å². The molecule has 0 aliphatic heterocycles. The van der Waals surface area contributed by atoms with Crippen molar-refractivity contribution in [2.45, 2.75) is 19.8 Å². The Morgan fingerprint density at radius 3 is 2.91 bits per heavy atom. The van der Waals surface area contributed by atoms with E-state index in [0.717, 1.165) is 12.8 Å². The van der Waals surface area contributed by atoms with E-state index in [4.69, 9.17) is 9.84 Å². The maximum Gasteiger partial charge on any atom is 0.131 e. The van der Waals surface area contributed by atoms with Crippen LogP contribution in [0.1, 0.15) is 19.8 Å². The fourth-order valence-corrected chi connectivity index (χ4v) is 1.94. The Morgan fingerprint density at radius 2 is 2.14 bits per heavy atom. The van der Waals surface area contributed by atoms with Gasteiger partial charge in [0.25, 0.3) is 0 Å². The average Bonchev–Trinajstić information content (AvgIpc) is 2.53. The maximum absolute atomic E-state index is 13.5. The maximum atomic E-state index is 13.5. The molecule has 0 radical (unpaired) electrons. The molecule has 1 aromatic heterocycles. The predicted molar refractivity (Wildman–Crippen MR) is 83.4 cm³/mol. The second-order valence-electron chi connectivity index (χ2n) is 4.78. The number of hydrogen-bond donors (Lipinski definition) is 2. The van der Waals surface area contributed by atoms with Crippen molar-refractivity contribution >= 4 is 5.82 Å². The second kappa shape index (κ2) is 8.29. The van der Waals surface area contributed by atoms with E-state index in [2.05, 4.69) is 22.2 Å². The van der Waals surface area contributed by atoms with Crippen molar-refractivity contribution in [1.29, 1.82) is 0 Å². The van der Waals surface area contributed by atoms with E-state index >= 15 is 0 Å². The third-order valence-electron chi connectivity index (χ3n) is 3.06. The summed E-state index contributed by atoms with van der Waals surface area (Å²) >= 11 is 0. The van der Waals surface area contributed by atoms with E-state index in [-0.39, 0.29) is 12.4 Å². The molecule has 2 aromatic rings. The van der Waals surface area contributed by atoms with Gasteiger partial charge in [-0.15, -0.1) is 0 Å². The van der Waals surface area contributed by atoms with Gasteiger partial charge >= 0.3 is 0 Å². The zero-order chi connectivity index (χ0) is 15.8. The van der Waals surface area contributed by atoms with Gasteiger partial charge in [-0.25, -0.2) is 14.4 Å². The Kier molecular flexibility index (Phi) is 6.09. The van der Waals surface area contributed by atoms with Crippen LogP contribution in [0.25, 0.3) is 11.3 Å². The first-order chi connectivity index (χ1) is 10.7. The quantitative estimate of drug-likeness (QED) is 0.734. The number of hydrogen-bond acceptors (Lipinski definition) is 5. The largest absolute Gasteiger partial charge is 0.493 e. The molecule has 2 rings (SSSR count). The number of aliphatic hydroxyl groups is 1. The molecule has 1 heterocycles. The first-order valence-electron chi connectivity index (χ1n) is 7.34. The lowest BCUT2D eigenvalue weighted by molar-refractivity contribution is 0.309. The first kappa shape index (κ1) is 16.2. The van der Waals surface area contributed by atoms with Gasteiger partial charge in [0.05, 0.1) is 18.9 Å². The Bertz CT molecular complexity index is 608. The van der Waals surface area contributed by atoms with Crippen LogP contribution >= 0.6 is 0 Å². The molecule has 118 valence electrons. The van der Waals surface area contributed by atoms with Crippen LogP contribution in [0.15, 0.2) is 30.6 Å². The van der Waals surface area contributed by atoms with Crippen LogP contribution in [0, 0.1) is 5.82 Å². The second-order valence-corrected chi connectivity index (χ2v) is 4.78. The number of aliphatic hydroxyl groups excluding tert-OH is 1. The number of unbranched alkanes of at least 4 members (excludes halogenated alkanes) is 1. The molecule has 0 fully saturated rings. The molecule has 0 atom stereocenters. The molecule has 0 aliphatic carbocycles. The highest BCUT2D eigenvalue weighted by Crippen LogP contribution is 2.30. The topological polar surface area (TPSA) is 67.3 Å². The van der Waals surface area contributed by atoms with Crippen LogP contribution in [0.4, 0.5) is 10.2 Å². The fourth-order valence-electron chi connectivity index (χ4n) is 1.94. The van der Waals surface area contributed by atoms with Gasteiger partial charge in [-0.3, -0.25) is 0 Å². The van der Waals surface area contributed by atoms with Gasteiger partial charge in [0.15, 0.2) is 0 Å². The van der Waals surface area contributed by atoms with Crippen LogP contribution in [-0.4, -0.2) is 34.8 Å². The van der Waals surface area contributed by atoms with E-state index in [1.54, 1.807) is 12.1 Å². The molecule has 0 bridgehead atoms. The summed E-state index contributed by atoms with van der Waals surface area (Å²) in [5, 5.41) is 11.8. The van der Waals surface area contributed by atoms with Crippen LogP contribution in [0.2, 0.25) is 0 Å². The summed E-state index contributed by atoms with van der Waals surface area (Å²) in [6.45, 7) is 3.02. The Balaban J connectivity index is 2.26. The Labute approximate surface area is 129 Å². The zero-order valence-corrected chi connectivity index (χ0v) is 12.6. The zero-order valence-electron chi connectivity index (χ0n) is 12.6. The molecule has 22 heavy (non-hydrogen) atoms. The molecule has 6 heteroatoms. The third kappa shape index (κ3) is 4.39. The number of aromatic nitrogens is 2. The standard InChI is InChI=1S/C16H20FN3O2/c1-2-3-8-22-15-9-12(17)4-5-13(15)14-10-16(18-6-7-21)20-11-19-14/h4-5,9-11,21H,2-3,6-8H2,1H3,(H,18,19,20). The fraction of sp³-hybridized carbons (Fsp3) is 0.375. The molecular weight excluding hydrogens is 285 g/mol. The van der Waals surface area contributed by atoms with Crippen LogP contribution in [0.5, 0.6) is 5.75 Å². The number of ether oxygens (including phenoxy) is 1. The minimum Gasteiger partial charge on any atom is -0.493 e. The van der Waals surface area contributed by atoms with Gasteiger partial charge in [0, 0.05) is 24.2 Å². The number of nitrogens with one attached hydrogen (secondary N) is 1. The molecule has 2 N–H and O–H groups in total. The van der Waals surface area contributed by atoms with Crippen LogP contribution in [0.3, 0.4) is 0 Å². The summed E-state index contributed by atoms with van der Waals surface area (Å²) in [7, 11) is 0. The van der Waals surface area contributed by atoms with E-state index in [0.29, 0.717) is 36.0 Å². The molecule has 0 spiro atoms. The van der Waals surface area contributed by atoms with E-state index < -0.39 is 0 Å². The molecule has 0 aliphatic rings. The molecule has 0 saturated heterocycles. The SMILES string of the molecule is CCCCOc1cc(F)ccc1-c1cc(NCCO)ncn1. The normalized spacial score (nSPS) is 10.5. The number of anilines is 1. The van der Waals surface area contributed by atoms with Gasteiger partial charge in [-0.1, -0.05) is 13.3 Å². The van der Waals surface area contributed by atoms with Crippen molar-refractivity contribution in [2.24, 2.45) is 0 Å². The summed E-state index contributed by atoms with van der Waals surface area (Å²) in [6.07, 6.45) is 3.34. The summed E-state index contributed by atoms with van der Waals surface area (Å²) < 4.78 is 19.1. The van der Waals surface area contributed by atoms with Crippen molar-refractivity contribution in [2.75, 3.05) is 25.1 Å². The van der Waals surface area contributed by atoms with Crippen molar-refractivity contribution in [3.8, 4) is 17.0 Å². The van der Waals surface area contributed by atoms with Crippen molar-refractivity contribution in [3.05, 3.63) is 36.4 Å². The minimum absolute atomic E-state index is 0.0151. The molecule has 0 saturated carbocycles. The highest BCUT2D eigenvalue weighted by atomic mass is 19.1. The molecule has 0 amide bonds. The number of rotatable bonds is 8. The van der Waals surface area contributed by atoms with Crippen molar-refractivity contribution in [3.63, 3.8) is 0 Å². The average molecular weight is 305 g/mol. The minimum atomic E-state index is -0.345. The van der Waals surface area contributed by atoms with Crippen LogP contribution < -0.4 is 10.1 Å². The molecular formula is C16H20FN3O2. The lowest BCUT2D eigenvalue weighted by atomic mass is 10.1. The number of nitrogens with zero attached hydrogens (tertiary/aromatic N) is 2. The summed E-state index contributed by atoms with van der Waals surface area (Å²) in [5.41, 5.74) is 1.36. The van der Waals surface area contributed by atoms with Gasteiger partial charge in [0.1, 0.15) is 23.7 Å². The first-order valence-corrected chi connectivity index (χ1v) is 7.34. The smallest absolute Gasteiger partial charge is 0.131 e. The summed E-state index contributed by atoms with van der Waals surface area (Å²) in [6, 6.07) is 6.14. The molecule has 5 nitrogen and oxygen atoms in total. The molecule has 0 unspecified atom stereocenters. The Morgan fingerprint density at radius 1 is 1.27 bits per heavy atom. The predicted octanol–water partition coefficient (Wildman–Crippen LogP) is 2.87. The lowest BCUT2D eigenvalue weighted by Gasteiger charge is -2.12. The van der Waals surface area contributed by atoms with Gasteiger partial charge in [-0.05, 0) is 18.6 Å². The van der Waals surface area contributed by atoms with E-state index in [1.807, 2.05) is 0 Å². The molecule has 1 aromatic carbocycles. The van der Waals surface area contributed by atoms with Gasteiger partial charge < -0.3 is 15.2 Å². The monoisotopic (exact) mass is 305 g/mol.